The van der Waals surface area contributed by atoms with Gasteiger partial charge in [0.15, 0.2) is 11.2 Å². The Labute approximate surface area is 222 Å². The number of nitrogens with one attached hydrogen (secondary N) is 2. The molecule has 5 nitrogen and oxygen atoms in total. The summed E-state index contributed by atoms with van der Waals surface area (Å²) < 4.78 is 5.91. The van der Waals surface area contributed by atoms with E-state index in [-0.39, 0.29) is 22.5 Å². The van der Waals surface area contributed by atoms with E-state index < -0.39 is 6.04 Å². The molecule has 3 aromatic carbocycles. The zero-order chi connectivity index (χ0) is 26.6. The van der Waals surface area contributed by atoms with E-state index in [1.165, 1.54) is 11.8 Å². The van der Waals surface area contributed by atoms with Crippen molar-refractivity contribution >= 4 is 28.1 Å². The van der Waals surface area contributed by atoms with Gasteiger partial charge in [-0.15, -0.1) is 0 Å². The quantitative estimate of drug-likeness (QED) is 0.298. The van der Waals surface area contributed by atoms with Crippen LogP contribution in [0.1, 0.15) is 67.8 Å². The first-order valence-corrected chi connectivity index (χ1v) is 13.2. The SMILES string of the molecule is Cc1ccc2occ(C3Nc4ccccc4NC4=C3C(=O)CC(c3ccc(C(C)(C)C)cc3)C4)c(=O)c2c1. The van der Waals surface area contributed by atoms with Crippen molar-refractivity contribution in [3.05, 3.63) is 117 Å². The van der Waals surface area contributed by atoms with Gasteiger partial charge in [0.1, 0.15) is 11.8 Å². The van der Waals surface area contributed by atoms with Crippen LogP contribution >= 0.6 is 0 Å². The lowest BCUT2D eigenvalue weighted by molar-refractivity contribution is -0.116. The molecule has 4 aromatic rings. The Balaban J connectivity index is 1.46. The average Bonchev–Trinajstić information content (AvgIpc) is 3.06. The maximum Gasteiger partial charge on any atom is 0.198 e. The number of benzene rings is 3. The van der Waals surface area contributed by atoms with Crippen molar-refractivity contribution in [3.63, 3.8) is 0 Å². The third kappa shape index (κ3) is 4.22. The van der Waals surface area contributed by atoms with Crippen molar-refractivity contribution in [2.24, 2.45) is 0 Å². The van der Waals surface area contributed by atoms with E-state index in [0.29, 0.717) is 34.9 Å². The number of allylic oxidation sites excluding steroid dienone is 1. The molecular weight excluding hydrogens is 472 g/mol. The lowest BCUT2D eigenvalue weighted by Crippen LogP contribution is -2.29. The fraction of sp³-hybridized carbons (Fsp3) is 0.273. The number of anilines is 2. The van der Waals surface area contributed by atoms with Crippen molar-refractivity contribution in [1.82, 2.24) is 0 Å². The topological polar surface area (TPSA) is 71.3 Å². The van der Waals surface area contributed by atoms with E-state index in [0.717, 1.165) is 28.2 Å². The summed E-state index contributed by atoms with van der Waals surface area (Å²) in [5, 5.41) is 7.58. The number of carbonyl (C=O) groups is 1. The van der Waals surface area contributed by atoms with Gasteiger partial charge in [-0.25, -0.2) is 0 Å². The second kappa shape index (κ2) is 9.02. The normalized spacial score (nSPS) is 19.3. The van der Waals surface area contributed by atoms with Gasteiger partial charge in [-0.3, -0.25) is 9.59 Å². The third-order valence-electron chi connectivity index (χ3n) is 7.82. The number of ketones is 1. The highest BCUT2D eigenvalue weighted by molar-refractivity contribution is 6.01. The number of carbonyl (C=O) groups excluding carboxylic acids is 1. The Morgan fingerprint density at radius 1 is 0.895 bits per heavy atom. The molecule has 2 aliphatic rings. The smallest absolute Gasteiger partial charge is 0.198 e. The minimum atomic E-state index is -0.612. The summed E-state index contributed by atoms with van der Waals surface area (Å²) in [5.41, 5.74) is 7.55. The summed E-state index contributed by atoms with van der Waals surface area (Å²) in [6.07, 6.45) is 2.59. The van der Waals surface area contributed by atoms with E-state index in [4.69, 9.17) is 4.42 Å². The van der Waals surface area contributed by atoms with E-state index >= 15 is 0 Å². The van der Waals surface area contributed by atoms with E-state index in [1.807, 2.05) is 49.4 Å². The lowest BCUT2D eigenvalue weighted by Gasteiger charge is -2.30. The fourth-order valence-electron chi connectivity index (χ4n) is 5.68. The van der Waals surface area contributed by atoms with Crippen LogP contribution < -0.4 is 16.1 Å². The van der Waals surface area contributed by atoms with Gasteiger partial charge >= 0.3 is 0 Å². The van der Waals surface area contributed by atoms with Gasteiger partial charge in [0.05, 0.1) is 28.4 Å². The number of fused-ring (bicyclic) bond motifs is 2. The van der Waals surface area contributed by atoms with Crippen LogP contribution in [-0.4, -0.2) is 5.78 Å². The van der Waals surface area contributed by atoms with Crippen LogP contribution in [0, 0.1) is 6.92 Å². The van der Waals surface area contributed by atoms with Crippen molar-refractivity contribution in [2.75, 3.05) is 10.6 Å². The molecular formula is C33H32N2O3. The maximum atomic E-state index is 13.9. The van der Waals surface area contributed by atoms with Crippen LogP contribution in [0.3, 0.4) is 0 Å². The molecule has 1 aliphatic heterocycles. The molecule has 38 heavy (non-hydrogen) atoms. The van der Waals surface area contributed by atoms with Crippen molar-refractivity contribution in [1.29, 1.82) is 0 Å². The highest BCUT2D eigenvalue weighted by Crippen LogP contribution is 2.44. The largest absolute Gasteiger partial charge is 0.464 e. The van der Waals surface area contributed by atoms with Crippen LogP contribution in [0.2, 0.25) is 0 Å². The summed E-state index contributed by atoms with van der Waals surface area (Å²) in [5.74, 6) is 0.0991. The highest BCUT2D eigenvalue weighted by Gasteiger charge is 2.37. The molecule has 2 heterocycles. The Hall–Kier alpha value is -4.12. The molecule has 0 spiro atoms. The van der Waals surface area contributed by atoms with Gasteiger partial charge < -0.3 is 15.1 Å². The molecule has 0 saturated carbocycles. The summed E-state index contributed by atoms with van der Waals surface area (Å²) in [4.78, 5) is 27.6. The summed E-state index contributed by atoms with van der Waals surface area (Å²) in [7, 11) is 0. The molecule has 2 N–H and O–H groups in total. The minimum absolute atomic E-state index is 0.0395. The maximum absolute atomic E-state index is 13.9. The van der Waals surface area contributed by atoms with Crippen LogP contribution in [-0.2, 0) is 10.2 Å². The van der Waals surface area contributed by atoms with Crippen molar-refractivity contribution < 1.29 is 9.21 Å². The van der Waals surface area contributed by atoms with Crippen molar-refractivity contribution in [3.8, 4) is 0 Å². The minimum Gasteiger partial charge on any atom is -0.464 e. The Morgan fingerprint density at radius 3 is 2.37 bits per heavy atom. The zero-order valence-electron chi connectivity index (χ0n) is 22.2. The fourth-order valence-corrected chi connectivity index (χ4v) is 5.68. The molecule has 2 unspecified atom stereocenters. The summed E-state index contributed by atoms with van der Waals surface area (Å²) >= 11 is 0. The van der Waals surface area contributed by atoms with Crippen LogP contribution in [0.4, 0.5) is 11.4 Å². The number of aryl methyl sites for hydroxylation is 1. The van der Waals surface area contributed by atoms with Gasteiger partial charge in [0, 0.05) is 17.7 Å². The van der Waals surface area contributed by atoms with Crippen molar-refractivity contribution in [2.45, 2.75) is 57.9 Å². The molecule has 192 valence electrons. The second-order valence-corrected chi connectivity index (χ2v) is 11.6. The van der Waals surface area contributed by atoms with Crippen LogP contribution in [0.25, 0.3) is 11.0 Å². The molecule has 2 atom stereocenters. The Kier molecular flexibility index (Phi) is 5.75. The van der Waals surface area contributed by atoms with E-state index in [9.17, 15) is 9.59 Å². The first kappa shape index (κ1) is 24.2. The zero-order valence-corrected chi connectivity index (χ0v) is 22.2. The van der Waals surface area contributed by atoms with Gasteiger partial charge in [-0.2, -0.15) is 0 Å². The number of hydrogen-bond acceptors (Lipinski definition) is 5. The number of rotatable bonds is 2. The molecule has 1 aromatic heterocycles. The highest BCUT2D eigenvalue weighted by atomic mass is 16.3. The Bertz CT molecular complexity index is 1650. The lowest BCUT2D eigenvalue weighted by atomic mass is 9.78. The van der Waals surface area contributed by atoms with E-state index in [2.05, 4.69) is 55.7 Å². The predicted octanol–water partition coefficient (Wildman–Crippen LogP) is 7.38. The molecule has 0 fully saturated rings. The molecule has 5 heteroatoms. The molecule has 1 aliphatic carbocycles. The summed E-state index contributed by atoms with van der Waals surface area (Å²) in [6.45, 7) is 8.56. The predicted molar refractivity (Wildman–Crippen MR) is 153 cm³/mol. The van der Waals surface area contributed by atoms with Gasteiger partial charge in [-0.05, 0) is 60.1 Å². The monoisotopic (exact) mass is 504 g/mol. The third-order valence-corrected chi connectivity index (χ3v) is 7.82. The van der Waals surface area contributed by atoms with Gasteiger partial charge in [-0.1, -0.05) is 68.8 Å². The first-order valence-electron chi connectivity index (χ1n) is 13.2. The standard InChI is InChI=1S/C33H32N2O3/c1-19-9-14-29-23(15-19)32(37)24(18-38-29)31-30-27(34-25-7-5-6-8-26(25)35-31)16-21(17-28(30)36)20-10-12-22(13-11-20)33(2,3)4/h5-15,18,21,31,34-35H,16-17H2,1-4H3. The number of para-hydroxylation sites is 2. The number of hydrogen-bond donors (Lipinski definition) is 2. The molecule has 6 rings (SSSR count). The van der Waals surface area contributed by atoms with Gasteiger partial charge in [0.2, 0.25) is 0 Å². The first-order chi connectivity index (χ1) is 18.2. The van der Waals surface area contributed by atoms with Crippen LogP contribution in [0.5, 0.6) is 0 Å². The number of Topliss-reactive ketones (excluding diaryl/α,β-unsaturated/α-hetero) is 1. The van der Waals surface area contributed by atoms with E-state index in [1.54, 1.807) is 0 Å². The summed E-state index contributed by atoms with van der Waals surface area (Å²) in [6, 6.07) is 21.5. The molecule has 0 radical (unpaired) electrons. The molecule has 0 saturated heterocycles. The molecule has 0 amide bonds. The second-order valence-electron chi connectivity index (χ2n) is 11.6. The Morgan fingerprint density at radius 2 is 1.63 bits per heavy atom. The molecule has 0 bridgehead atoms. The van der Waals surface area contributed by atoms with Crippen LogP contribution in [0.15, 0.2) is 93.5 Å². The van der Waals surface area contributed by atoms with Gasteiger partial charge in [0.25, 0.3) is 0 Å². The average molecular weight is 505 g/mol.